The van der Waals surface area contributed by atoms with E-state index in [1.165, 1.54) is 66.1 Å². The van der Waals surface area contributed by atoms with Crippen LogP contribution in [0.5, 0.6) is 0 Å². The second-order valence-electron chi connectivity index (χ2n) is 20.8. The standard InChI is InChI=1S/C68H48N2O2/c1-67(2)53-29-15-27-49-57(69(41-19-7-5-8-20-41)59-31-17-25-47-43-23-11-13-33-61(43)71-65(47)59)37-35-45(63(49)53)51-40-56-52(39-55(51)67)46-36-38-58(50-28-16-30-54(64(46)50)68(56,3)4)70(42-21-9-6-10-22-42)60-32-18-26-48-44-24-12-14-34-62(44)72-66(48)60/h5-40H,1-4H3. The highest BCUT2D eigenvalue weighted by Crippen LogP contribution is 2.58. The summed E-state index contributed by atoms with van der Waals surface area (Å²) in [6.45, 7) is 9.68. The van der Waals surface area contributed by atoms with E-state index in [1.54, 1.807) is 0 Å². The fourth-order valence-corrected chi connectivity index (χ4v) is 12.8. The molecule has 13 aromatic rings. The van der Waals surface area contributed by atoms with Crippen molar-refractivity contribution in [2.24, 2.45) is 0 Å². The predicted molar refractivity (Wildman–Crippen MR) is 301 cm³/mol. The van der Waals surface area contributed by atoms with E-state index in [0.717, 1.165) is 78.0 Å². The van der Waals surface area contributed by atoms with Crippen molar-refractivity contribution in [1.29, 1.82) is 0 Å². The molecule has 4 nitrogen and oxygen atoms in total. The van der Waals surface area contributed by atoms with Crippen LogP contribution < -0.4 is 9.80 Å². The lowest BCUT2D eigenvalue weighted by molar-refractivity contribution is 0.631. The molecule has 0 bridgehead atoms. The highest BCUT2D eigenvalue weighted by Gasteiger charge is 2.40. The summed E-state index contributed by atoms with van der Waals surface area (Å²) in [6, 6.07) is 79.6. The smallest absolute Gasteiger partial charge is 0.159 e. The average Bonchev–Trinajstić information content (AvgIpc) is 4.00. The number of benzene rings is 11. The van der Waals surface area contributed by atoms with Crippen molar-refractivity contribution in [2.75, 3.05) is 9.80 Å². The monoisotopic (exact) mass is 924 g/mol. The number of hydrogen-bond acceptors (Lipinski definition) is 4. The lowest BCUT2D eigenvalue weighted by Crippen LogP contribution is -2.28. The van der Waals surface area contributed by atoms with E-state index in [9.17, 15) is 0 Å². The molecule has 0 fully saturated rings. The Morgan fingerprint density at radius 2 is 0.667 bits per heavy atom. The molecule has 0 N–H and O–H groups in total. The molecule has 2 aliphatic carbocycles. The van der Waals surface area contributed by atoms with Crippen LogP contribution >= 0.6 is 0 Å². The minimum atomic E-state index is -0.318. The van der Waals surface area contributed by atoms with Crippen molar-refractivity contribution in [3.05, 3.63) is 241 Å². The van der Waals surface area contributed by atoms with Gasteiger partial charge in [0.2, 0.25) is 0 Å². The zero-order chi connectivity index (χ0) is 48.0. The van der Waals surface area contributed by atoms with Gasteiger partial charge in [-0.1, -0.05) is 173 Å². The maximum absolute atomic E-state index is 6.73. The Bertz CT molecular complexity index is 4120. The molecule has 0 spiro atoms. The molecule has 11 aromatic carbocycles. The summed E-state index contributed by atoms with van der Waals surface area (Å²) >= 11 is 0. The third-order valence-corrected chi connectivity index (χ3v) is 16.2. The molecule has 0 amide bonds. The minimum absolute atomic E-state index is 0.318. The van der Waals surface area contributed by atoms with Crippen LogP contribution in [0, 0.1) is 0 Å². The zero-order valence-electron chi connectivity index (χ0n) is 40.5. The number of hydrogen-bond donors (Lipinski definition) is 0. The minimum Gasteiger partial charge on any atom is -0.454 e. The molecule has 2 aliphatic rings. The van der Waals surface area contributed by atoms with Crippen LogP contribution in [0.2, 0.25) is 0 Å². The molecular weight excluding hydrogens is 877 g/mol. The SMILES string of the molecule is CC1(C)c2cc3c(cc2-c2ccc(N(c4ccccc4)c4cccc5c4oc4ccccc45)c4cccc1c24)C(C)(C)c1cccc2c(N(c4ccccc4)c4cccc5c4oc4ccccc45)ccc-3c12. The highest BCUT2D eigenvalue weighted by atomic mass is 16.3. The van der Waals surface area contributed by atoms with Gasteiger partial charge >= 0.3 is 0 Å². The van der Waals surface area contributed by atoms with Crippen LogP contribution in [0.25, 0.3) is 87.7 Å². The van der Waals surface area contributed by atoms with Crippen LogP contribution in [0.3, 0.4) is 0 Å². The third kappa shape index (κ3) is 5.58. The molecular formula is C68H48N2O2. The number of anilines is 6. The second-order valence-corrected chi connectivity index (χ2v) is 20.8. The summed E-state index contributed by atoms with van der Waals surface area (Å²) in [5.74, 6) is 0. The Kier molecular flexibility index (Phi) is 8.44. The summed E-state index contributed by atoms with van der Waals surface area (Å²) in [7, 11) is 0. The molecule has 15 rings (SSSR count). The van der Waals surface area contributed by atoms with E-state index in [0.29, 0.717) is 0 Å². The van der Waals surface area contributed by atoms with Crippen molar-refractivity contribution in [3.63, 3.8) is 0 Å². The van der Waals surface area contributed by atoms with Crippen molar-refractivity contribution in [1.82, 2.24) is 0 Å². The Hall–Kier alpha value is -8.86. The van der Waals surface area contributed by atoms with E-state index in [1.807, 2.05) is 12.1 Å². The Morgan fingerprint density at radius 3 is 1.11 bits per heavy atom. The van der Waals surface area contributed by atoms with Gasteiger partial charge in [0.05, 0.1) is 22.7 Å². The maximum Gasteiger partial charge on any atom is 0.159 e. The van der Waals surface area contributed by atoms with Crippen LogP contribution in [0.15, 0.2) is 227 Å². The van der Waals surface area contributed by atoms with Gasteiger partial charge in [-0.25, -0.2) is 0 Å². The largest absolute Gasteiger partial charge is 0.454 e. The van der Waals surface area contributed by atoms with E-state index in [2.05, 4.69) is 244 Å². The predicted octanol–water partition coefficient (Wildman–Crippen LogP) is 19.3. The molecule has 0 saturated heterocycles. The second kappa shape index (κ2) is 14.8. The van der Waals surface area contributed by atoms with Gasteiger partial charge in [0.25, 0.3) is 0 Å². The van der Waals surface area contributed by atoms with Gasteiger partial charge in [-0.05, 0) is 128 Å². The maximum atomic E-state index is 6.73. The lowest BCUT2D eigenvalue weighted by atomic mass is 9.63. The van der Waals surface area contributed by atoms with E-state index < -0.39 is 0 Å². The van der Waals surface area contributed by atoms with Crippen molar-refractivity contribution >= 4 is 99.5 Å². The number of para-hydroxylation sites is 6. The van der Waals surface area contributed by atoms with Crippen LogP contribution in [0.4, 0.5) is 34.1 Å². The van der Waals surface area contributed by atoms with E-state index in [4.69, 9.17) is 8.83 Å². The van der Waals surface area contributed by atoms with Crippen molar-refractivity contribution in [2.45, 2.75) is 38.5 Å². The van der Waals surface area contributed by atoms with Crippen LogP contribution in [0.1, 0.15) is 49.9 Å². The first-order chi connectivity index (χ1) is 35.3. The molecule has 0 unspecified atom stereocenters. The van der Waals surface area contributed by atoms with E-state index in [-0.39, 0.29) is 10.8 Å². The molecule has 2 aromatic heterocycles. The summed E-state index contributed by atoms with van der Waals surface area (Å²) in [6.07, 6.45) is 0. The fourth-order valence-electron chi connectivity index (χ4n) is 12.8. The lowest BCUT2D eigenvalue weighted by Gasteiger charge is -2.41. The number of fused-ring (bicyclic) bond motifs is 10. The van der Waals surface area contributed by atoms with Gasteiger partial charge < -0.3 is 18.6 Å². The number of furan rings is 2. The Balaban J connectivity index is 0.934. The molecule has 342 valence electrons. The van der Waals surface area contributed by atoms with Crippen molar-refractivity contribution in [3.8, 4) is 22.3 Å². The molecule has 2 heterocycles. The zero-order valence-corrected chi connectivity index (χ0v) is 40.5. The van der Waals surface area contributed by atoms with Gasteiger partial charge in [0.15, 0.2) is 11.2 Å². The van der Waals surface area contributed by atoms with Crippen LogP contribution in [-0.2, 0) is 10.8 Å². The molecule has 0 aliphatic heterocycles. The van der Waals surface area contributed by atoms with Crippen molar-refractivity contribution < 1.29 is 8.83 Å². The average molecular weight is 925 g/mol. The van der Waals surface area contributed by atoms with Gasteiger partial charge in [-0.15, -0.1) is 0 Å². The van der Waals surface area contributed by atoms with Gasteiger partial charge in [-0.3, -0.25) is 0 Å². The summed E-state index contributed by atoms with van der Waals surface area (Å²) in [5, 5.41) is 9.47. The fraction of sp³-hybridized carbons (Fsp3) is 0.0882. The summed E-state index contributed by atoms with van der Waals surface area (Å²) < 4.78 is 13.5. The molecule has 0 radical (unpaired) electrons. The Labute approximate surface area is 417 Å². The first-order valence-corrected chi connectivity index (χ1v) is 25.1. The highest BCUT2D eigenvalue weighted by molar-refractivity contribution is 6.17. The van der Waals surface area contributed by atoms with Crippen LogP contribution in [-0.4, -0.2) is 0 Å². The summed E-state index contributed by atoms with van der Waals surface area (Å²) in [5.41, 5.74) is 19.8. The molecule has 0 saturated carbocycles. The van der Waals surface area contributed by atoms with Gasteiger partial charge in [0.1, 0.15) is 11.2 Å². The van der Waals surface area contributed by atoms with Gasteiger partial charge in [0, 0.05) is 54.5 Å². The molecule has 0 atom stereocenters. The molecule has 72 heavy (non-hydrogen) atoms. The first kappa shape index (κ1) is 41.0. The quantitative estimate of drug-likeness (QED) is 0.166. The molecule has 4 heteroatoms. The third-order valence-electron chi connectivity index (χ3n) is 16.2. The summed E-state index contributed by atoms with van der Waals surface area (Å²) in [4.78, 5) is 4.79. The first-order valence-electron chi connectivity index (χ1n) is 25.1. The van der Waals surface area contributed by atoms with Gasteiger partial charge in [-0.2, -0.15) is 0 Å². The van der Waals surface area contributed by atoms with E-state index >= 15 is 0 Å². The normalized spacial score (nSPS) is 14.1. The number of nitrogens with zero attached hydrogens (tertiary/aromatic N) is 2. The Morgan fingerprint density at radius 1 is 0.292 bits per heavy atom. The number of rotatable bonds is 6. The topological polar surface area (TPSA) is 32.8 Å².